The monoisotopic (exact) mass is 397 g/mol. The number of aryl methyl sites for hydroxylation is 1. The highest BCUT2D eigenvalue weighted by Gasteiger charge is 2.13. The lowest BCUT2D eigenvalue weighted by atomic mass is 10.0. The molecule has 3 aromatic rings. The summed E-state index contributed by atoms with van der Waals surface area (Å²) in [5, 5.41) is 1.80. The first kappa shape index (κ1) is 20.0. The van der Waals surface area contributed by atoms with Gasteiger partial charge in [0.15, 0.2) is 0 Å². The number of halogens is 3. The molecule has 0 heterocycles. The fourth-order valence-corrected chi connectivity index (χ4v) is 3.23. The molecule has 0 unspecified atom stereocenters. The van der Waals surface area contributed by atoms with Crippen LogP contribution in [-0.4, -0.2) is 5.71 Å². The Balaban J connectivity index is 2.01. The summed E-state index contributed by atoms with van der Waals surface area (Å²) in [6.07, 6.45) is 0. The van der Waals surface area contributed by atoms with E-state index in [1.165, 1.54) is 23.9 Å². The molecular weight excluding hydrogens is 379 g/mol. The second-order valence-electron chi connectivity index (χ2n) is 6.29. The largest absolute Gasteiger partial charge is 0.248 e. The molecule has 0 aromatic heterocycles. The molecule has 0 spiro atoms. The zero-order chi connectivity index (χ0) is 20.1. The summed E-state index contributed by atoms with van der Waals surface area (Å²) in [5.41, 5.74) is 2.82. The molecule has 0 amide bonds. The topological polar surface area (TPSA) is 12.4 Å². The number of hydrogen-bond acceptors (Lipinski definition) is 2. The van der Waals surface area contributed by atoms with Crippen molar-refractivity contribution in [3.63, 3.8) is 0 Å². The third kappa shape index (κ3) is 5.14. The molecule has 1 nitrogen and oxygen atoms in total. The first-order valence-electron chi connectivity index (χ1n) is 8.62. The van der Waals surface area contributed by atoms with Gasteiger partial charge in [0.05, 0.1) is 11.4 Å². The van der Waals surface area contributed by atoms with Crippen molar-refractivity contribution in [2.24, 2.45) is 4.99 Å². The maximum Gasteiger partial charge on any atom is 0.132 e. The average Bonchev–Trinajstić information content (AvgIpc) is 2.69. The van der Waals surface area contributed by atoms with Crippen molar-refractivity contribution in [3.05, 3.63) is 106 Å². The van der Waals surface area contributed by atoms with Gasteiger partial charge in [-0.05, 0) is 79.4 Å². The predicted octanol–water partition coefficient (Wildman–Crippen LogP) is 7.23. The van der Waals surface area contributed by atoms with Gasteiger partial charge in [0.1, 0.15) is 17.5 Å². The van der Waals surface area contributed by atoms with Gasteiger partial charge < -0.3 is 0 Å². The molecule has 0 bridgehead atoms. The van der Waals surface area contributed by atoms with Crippen LogP contribution < -0.4 is 0 Å². The van der Waals surface area contributed by atoms with Gasteiger partial charge in [-0.3, -0.25) is 0 Å². The first-order valence-corrected chi connectivity index (χ1v) is 9.50. The van der Waals surface area contributed by atoms with E-state index in [1.54, 1.807) is 24.5 Å². The Labute approximate surface area is 166 Å². The molecule has 0 aliphatic rings. The summed E-state index contributed by atoms with van der Waals surface area (Å²) in [7, 11) is 0. The lowest BCUT2D eigenvalue weighted by Crippen LogP contribution is -2.06. The van der Waals surface area contributed by atoms with Crippen LogP contribution in [0.4, 0.5) is 18.9 Å². The Morgan fingerprint density at radius 3 is 2.18 bits per heavy atom. The Bertz CT molecular complexity index is 1020. The van der Waals surface area contributed by atoms with Gasteiger partial charge in [-0.25, -0.2) is 18.2 Å². The highest BCUT2D eigenvalue weighted by molar-refractivity contribution is 8.02. The second-order valence-corrected chi connectivity index (χ2v) is 7.24. The molecule has 3 rings (SSSR count). The highest BCUT2D eigenvalue weighted by atomic mass is 32.2. The van der Waals surface area contributed by atoms with Crippen LogP contribution in [-0.2, 0) is 0 Å². The van der Waals surface area contributed by atoms with Gasteiger partial charge in [0, 0.05) is 10.5 Å². The van der Waals surface area contributed by atoms with Crippen LogP contribution in [0.3, 0.4) is 0 Å². The quantitative estimate of drug-likeness (QED) is 0.327. The maximum absolute atomic E-state index is 14.4. The van der Waals surface area contributed by atoms with E-state index in [2.05, 4.69) is 4.99 Å². The number of rotatable bonds is 5. The van der Waals surface area contributed by atoms with Crippen LogP contribution in [0.1, 0.15) is 18.1 Å². The zero-order valence-corrected chi connectivity index (χ0v) is 16.2. The summed E-state index contributed by atoms with van der Waals surface area (Å²) in [6.45, 7) is 3.75. The minimum Gasteiger partial charge on any atom is -0.248 e. The molecule has 0 fully saturated rings. The molecule has 0 atom stereocenters. The minimum atomic E-state index is -0.549. The van der Waals surface area contributed by atoms with E-state index < -0.39 is 11.6 Å². The summed E-state index contributed by atoms with van der Waals surface area (Å²) < 4.78 is 41.3. The van der Waals surface area contributed by atoms with Crippen LogP contribution in [0.5, 0.6) is 0 Å². The van der Waals surface area contributed by atoms with Gasteiger partial charge >= 0.3 is 0 Å². The van der Waals surface area contributed by atoms with Crippen molar-refractivity contribution in [3.8, 4) is 0 Å². The van der Waals surface area contributed by atoms with E-state index in [-0.39, 0.29) is 11.4 Å². The lowest BCUT2D eigenvalue weighted by molar-refractivity contribution is 0.598. The number of benzene rings is 3. The van der Waals surface area contributed by atoms with E-state index in [0.717, 1.165) is 28.7 Å². The molecule has 0 saturated heterocycles. The first-order chi connectivity index (χ1) is 13.4. The summed E-state index contributed by atoms with van der Waals surface area (Å²) in [5.74, 6) is -1.40. The van der Waals surface area contributed by atoms with Crippen LogP contribution in [0.25, 0.3) is 0 Å². The number of nitrogens with zero attached hydrogens (tertiary/aromatic N) is 1. The fourth-order valence-electron chi connectivity index (χ4n) is 2.51. The standard InChI is InChI=1S/C23H18F3NS/c1-15-3-8-19(9-4-15)27-23(21-13-18(25)7-12-22(21)26)16(2)14-28-20-10-5-17(24)6-11-20/h3-14H,1-2H3/b16-14+,27-23?. The van der Waals surface area contributed by atoms with Gasteiger partial charge in [-0.15, -0.1) is 0 Å². The van der Waals surface area contributed by atoms with Crippen molar-refractivity contribution in [2.75, 3.05) is 0 Å². The fraction of sp³-hybridized carbons (Fsp3) is 0.0870. The summed E-state index contributed by atoms with van der Waals surface area (Å²) in [6, 6.07) is 16.8. The van der Waals surface area contributed by atoms with Gasteiger partial charge in [0.25, 0.3) is 0 Å². The van der Waals surface area contributed by atoms with Crippen molar-refractivity contribution in [1.82, 2.24) is 0 Å². The Morgan fingerprint density at radius 1 is 0.857 bits per heavy atom. The van der Waals surface area contributed by atoms with E-state index in [1.807, 2.05) is 31.2 Å². The van der Waals surface area contributed by atoms with Gasteiger partial charge in [-0.2, -0.15) is 0 Å². The van der Waals surface area contributed by atoms with Crippen LogP contribution in [0.2, 0.25) is 0 Å². The third-order valence-electron chi connectivity index (χ3n) is 4.02. The number of aliphatic imine (C=N–C) groups is 1. The number of hydrogen-bond donors (Lipinski definition) is 0. The number of allylic oxidation sites excluding steroid dienone is 1. The predicted molar refractivity (Wildman–Crippen MR) is 110 cm³/mol. The molecule has 142 valence electrons. The molecule has 0 aliphatic carbocycles. The van der Waals surface area contributed by atoms with Crippen molar-refractivity contribution in [2.45, 2.75) is 18.7 Å². The lowest BCUT2D eigenvalue weighted by Gasteiger charge is -2.10. The molecule has 0 radical (unpaired) electrons. The van der Waals surface area contributed by atoms with Crippen molar-refractivity contribution < 1.29 is 13.2 Å². The molecule has 28 heavy (non-hydrogen) atoms. The highest BCUT2D eigenvalue weighted by Crippen LogP contribution is 2.25. The van der Waals surface area contributed by atoms with Crippen LogP contribution >= 0.6 is 11.8 Å². The third-order valence-corrected chi connectivity index (χ3v) is 5.03. The van der Waals surface area contributed by atoms with Crippen molar-refractivity contribution >= 4 is 23.2 Å². The molecule has 5 heteroatoms. The number of thioether (sulfide) groups is 1. The normalized spacial score (nSPS) is 12.3. The molecule has 0 saturated carbocycles. The minimum absolute atomic E-state index is 0.0917. The molecular formula is C23H18F3NS. The molecule has 0 aliphatic heterocycles. The van der Waals surface area contributed by atoms with Gasteiger partial charge in [-0.1, -0.05) is 29.5 Å². The Morgan fingerprint density at radius 2 is 1.50 bits per heavy atom. The summed E-state index contributed by atoms with van der Waals surface area (Å²) >= 11 is 1.36. The van der Waals surface area contributed by atoms with Crippen LogP contribution in [0, 0.1) is 24.4 Å². The van der Waals surface area contributed by atoms with E-state index >= 15 is 0 Å². The smallest absolute Gasteiger partial charge is 0.132 e. The zero-order valence-electron chi connectivity index (χ0n) is 15.4. The Kier molecular flexibility index (Phi) is 6.37. The van der Waals surface area contributed by atoms with E-state index in [4.69, 9.17) is 0 Å². The average molecular weight is 397 g/mol. The van der Waals surface area contributed by atoms with Crippen LogP contribution in [0.15, 0.2) is 87.6 Å². The SMILES string of the molecule is C/C(=C\Sc1ccc(F)cc1)C(=Nc1ccc(C)cc1)c1cc(F)ccc1F. The Hall–Kier alpha value is -2.79. The van der Waals surface area contributed by atoms with E-state index in [9.17, 15) is 13.2 Å². The summed E-state index contributed by atoms with van der Waals surface area (Å²) in [4.78, 5) is 5.40. The molecule has 0 N–H and O–H groups in total. The van der Waals surface area contributed by atoms with E-state index in [0.29, 0.717) is 17.0 Å². The van der Waals surface area contributed by atoms with Gasteiger partial charge in [0.2, 0.25) is 0 Å². The maximum atomic E-state index is 14.4. The molecule has 3 aromatic carbocycles. The second kappa shape index (κ2) is 8.93. The van der Waals surface area contributed by atoms with Crippen molar-refractivity contribution in [1.29, 1.82) is 0 Å².